The van der Waals surface area contributed by atoms with Gasteiger partial charge in [-0.1, -0.05) is 12.1 Å². The maximum atomic E-state index is 12.5. The third kappa shape index (κ3) is 4.53. The van der Waals surface area contributed by atoms with Gasteiger partial charge in [-0.05, 0) is 68.4 Å². The number of carbonyl (C=O) groups is 1. The van der Waals surface area contributed by atoms with Crippen LogP contribution in [-0.2, 0) is 0 Å². The van der Waals surface area contributed by atoms with E-state index in [1.54, 1.807) is 30.0 Å². The van der Waals surface area contributed by atoms with Crippen LogP contribution in [0.5, 0.6) is 5.75 Å². The van der Waals surface area contributed by atoms with Crippen molar-refractivity contribution in [2.75, 3.05) is 17.7 Å². The van der Waals surface area contributed by atoms with Crippen LogP contribution in [0.1, 0.15) is 21.7 Å². The molecule has 8 heteroatoms. The number of nitrogens with one attached hydrogen (secondary N) is 2. The van der Waals surface area contributed by atoms with Crippen LogP contribution in [0.15, 0.2) is 66.7 Å². The fourth-order valence-corrected chi connectivity index (χ4v) is 3.18. The topological polar surface area (TPSA) is 94.0 Å². The summed E-state index contributed by atoms with van der Waals surface area (Å²) in [6, 6.07) is 20.1. The molecule has 2 aromatic carbocycles. The lowest BCUT2D eigenvalue weighted by molar-refractivity contribution is 0.102. The Kier molecular flexibility index (Phi) is 5.61. The lowest BCUT2D eigenvalue weighted by Gasteiger charge is -2.10. The summed E-state index contributed by atoms with van der Waals surface area (Å²) in [6.45, 7) is 3.91. The van der Waals surface area contributed by atoms with Crippen molar-refractivity contribution >= 4 is 23.1 Å². The number of aryl methyl sites for hydroxylation is 2. The second-order valence-corrected chi connectivity index (χ2v) is 6.97. The maximum absolute atomic E-state index is 12.5. The molecule has 8 nitrogen and oxygen atoms in total. The highest BCUT2D eigenvalue weighted by atomic mass is 16.5. The minimum absolute atomic E-state index is 0.233. The van der Waals surface area contributed by atoms with Gasteiger partial charge in [-0.15, -0.1) is 10.2 Å². The molecular formula is C23H22N6O2. The third-order valence-electron chi connectivity index (χ3n) is 4.64. The number of hydrogen-bond acceptors (Lipinski definition) is 6. The number of hydrogen-bond donors (Lipinski definition) is 2. The van der Waals surface area contributed by atoms with Gasteiger partial charge in [0.2, 0.25) is 0 Å². The van der Waals surface area contributed by atoms with E-state index in [1.807, 2.05) is 62.4 Å². The minimum atomic E-state index is -0.233. The number of amides is 1. The van der Waals surface area contributed by atoms with Crippen molar-refractivity contribution in [3.05, 3.63) is 83.7 Å². The third-order valence-corrected chi connectivity index (χ3v) is 4.64. The molecular weight excluding hydrogens is 392 g/mol. The highest BCUT2D eigenvalue weighted by Gasteiger charge is 2.11. The molecule has 0 aliphatic rings. The van der Waals surface area contributed by atoms with Crippen LogP contribution in [-0.4, -0.2) is 33.0 Å². The monoisotopic (exact) mass is 414 g/mol. The first-order chi connectivity index (χ1) is 15.0. The molecule has 156 valence electrons. The first kappa shape index (κ1) is 20.1. The molecule has 4 rings (SSSR count). The maximum Gasteiger partial charge on any atom is 0.259 e. The number of methoxy groups -OCH3 is 1. The Balaban J connectivity index is 1.41. The molecule has 0 atom stereocenters. The number of ether oxygens (including phenoxy) is 1. The van der Waals surface area contributed by atoms with E-state index >= 15 is 0 Å². The highest BCUT2D eigenvalue weighted by molar-refractivity contribution is 6.06. The molecule has 4 aromatic rings. The molecule has 0 fully saturated rings. The summed E-state index contributed by atoms with van der Waals surface area (Å²) >= 11 is 0. The standard InChI is InChI=1S/C23H22N6O2/c1-15-14-16(2)29(28-15)22-13-12-21(26-27-22)24-17-8-10-18(11-9-17)25-23(30)19-6-4-5-7-20(19)31-3/h4-14H,1-3H3,(H,24,26)(H,25,30). The van der Waals surface area contributed by atoms with Crippen molar-refractivity contribution in [2.24, 2.45) is 0 Å². The van der Waals surface area contributed by atoms with E-state index < -0.39 is 0 Å². The average molecular weight is 414 g/mol. The molecule has 0 aliphatic carbocycles. The molecule has 0 saturated heterocycles. The van der Waals surface area contributed by atoms with E-state index in [4.69, 9.17) is 4.74 Å². The Morgan fingerprint density at radius 3 is 2.32 bits per heavy atom. The van der Waals surface area contributed by atoms with Crippen molar-refractivity contribution in [3.8, 4) is 11.6 Å². The number of benzene rings is 2. The zero-order chi connectivity index (χ0) is 21.8. The molecule has 0 saturated carbocycles. The Bertz CT molecular complexity index is 1200. The number of nitrogens with zero attached hydrogens (tertiary/aromatic N) is 4. The van der Waals surface area contributed by atoms with Crippen LogP contribution >= 0.6 is 0 Å². The van der Waals surface area contributed by atoms with Crippen LogP contribution < -0.4 is 15.4 Å². The smallest absolute Gasteiger partial charge is 0.259 e. The van der Waals surface area contributed by atoms with E-state index in [1.165, 1.54) is 0 Å². The Hall–Kier alpha value is -4.20. The minimum Gasteiger partial charge on any atom is -0.496 e. The normalized spacial score (nSPS) is 10.5. The lowest BCUT2D eigenvalue weighted by atomic mass is 10.2. The summed E-state index contributed by atoms with van der Waals surface area (Å²) in [5, 5.41) is 19.0. The first-order valence-corrected chi connectivity index (χ1v) is 9.72. The van der Waals surface area contributed by atoms with Crippen LogP contribution in [0.4, 0.5) is 17.2 Å². The second kappa shape index (κ2) is 8.66. The van der Waals surface area contributed by atoms with Gasteiger partial charge in [-0.3, -0.25) is 4.79 Å². The van der Waals surface area contributed by atoms with Gasteiger partial charge in [-0.25, -0.2) is 4.68 Å². The SMILES string of the molecule is COc1ccccc1C(=O)Nc1ccc(Nc2ccc(-n3nc(C)cc3C)nn2)cc1. The summed E-state index contributed by atoms with van der Waals surface area (Å²) in [6.07, 6.45) is 0. The predicted molar refractivity (Wildman–Crippen MR) is 119 cm³/mol. The van der Waals surface area contributed by atoms with Gasteiger partial charge in [0.15, 0.2) is 11.6 Å². The summed E-state index contributed by atoms with van der Waals surface area (Å²) in [4.78, 5) is 12.5. The number of aromatic nitrogens is 4. The summed E-state index contributed by atoms with van der Waals surface area (Å²) in [5.74, 6) is 1.56. The van der Waals surface area contributed by atoms with Crippen molar-refractivity contribution < 1.29 is 9.53 Å². The quantitative estimate of drug-likeness (QED) is 0.489. The summed E-state index contributed by atoms with van der Waals surface area (Å²) in [7, 11) is 1.54. The zero-order valence-corrected chi connectivity index (χ0v) is 17.5. The van der Waals surface area contributed by atoms with E-state index in [-0.39, 0.29) is 5.91 Å². The van der Waals surface area contributed by atoms with Gasteiger partial charge in [0.1, 0.15) is 5.75 Å². The number of anilines is 3. The fourth-order valence-electron chi connectivity index (χ4n) is 3.18. The van der Waals surface area contributed by atoms with Gasteiger partial charge >= 0.3 is 0 Å². The van der Waals surface area contributed by atoms with Gasteiger partial charge in [-0.2, -0.15) is 5.10 Å². The summed E-state index contributed by atoms with van der Waals surface area (Å²) in [5.41, 5.74) is 3.90. The molecule has 2 aromatic heterocycles. The first-order valence-electron chi connectivity index (χ1n) is 9.72. The van der Waals surface area contributed by atoms with Crippen molar-refractivity contribution in [3.63, 3.8) is 0 Å². The molecule has 1 amide bonds. The Labute approximate surface area is 179 Å². The summed E-state index contributed by atoms with van der Waals surface area (Å²) < 4.78 is 7.00. The Morgan fingerprint density at radius 1 is 0.935 bits per heavy atom. The van der Waals surface area contributed by atoms with Crippen molar-refractivity contribution in [2.45, 2.75) is 13.8 Å². The molecule has 2 heterocycles. The van der Waals surface area contributed by atoms with Crippen LogP contribution in [0.25, 0.3) is 5.82 Å². The van der Waals surface area contributed by atoms with E-state index in [9.17, 15) is 4.79 Å². The largest absolute Gasteiger partial charge is 0.496 e. The number of rotatable bonds is 6. The second-order valence-electron chi connectivity index (χ2n) is 6.97. The average Bonchev–Trinajstić information content (AvgIpc) is 3.13. The number of carbonyl (C=O) groups excluding carboxylic acids is 1. The van der Waals surface area contributed by atoms with E-state index in [0.717, 1.165) is 17.1 Å². The number of para-hydroxylation sites is 1. The van der Waals surface area contributed by atoms with Crippen molar-refractivity contribution in [1.82, 2.24) is 20.0 Å². The molecule has 31 heavy (non-hydrogen) atoms. The van der Waals surface area contributed by atoms with Gasteiger partial charge in [0.05, 0.1) is 18.4 Å². The lowest BCUT2D eigenvalue weighted by Crippen LogP contribution is -2.13. The molecule has 0 bridgehead atoms. The zero-order valence-electron chi connectivity index (χ0n) is 17.5. The fraction of sp³-hybridized carbons (Fsp3) is 0.130. The molecule has 0 spiro atoms. The van der Waals surface area contributed by atoms with Gasteiger partial charge in [0.25, 0.3) is 5.91 Å². The molecule has 2 N–H and O–H groups in total. The van der Waals surface area contributed by atoms with E-state index in [0.29, 0.717) is 28.6 Å². The molecule has 0 aliphatic heterocycles. The Morgan fingerprint density at radius 2 is 1.68 bits per heavy atom. The highest BCUT2D eigenvalue weighted by Crippen LogP contribution is 2.21. The van der Waals surface area contributed by atoms with Gasteiger partial charge < -0.3 is 15.4 Å². The molecule has 0 unspecified atom stereocenters. The van der Waals surface area contributed by atoms with Crippen LogP contribution in [0.2, 0.25) is 0 Å². The van der Waals surface area contributed by atoms with Crippen molar-refractivity contribution in [1.29, 1.82) is 0 Å². The van der Waals surface area contributed by atoms with Crippen LogP contribution in [0.3, 0.4) is 0 Å². The van der Waals surface area contributed by atoms with Gasteiger partial charge in [0, 0.05) is 17.1 Å². The van der Waals surface area contributed by atoms with Crippen LogP contribution in [0, 0.1) is 13.8 Å². The predicted octanol–water partition coefficient (Wildman–Crippen LogP) is 4.28. The van der Waals surface area contributed by atoms with E-state index in [2.05, 4.69) is 25.9 Å². The molecule has 0 radical (unpaired) electrons.